The molecular weight excluding hydrogens is 615 g/mol. The Balaban J connectivity index is 1.28. The van der Waals surface area contributed by atoms with Crippen LogP contribution in [0.15, 0.2) is 35.5 Å². The Labute approximate surface area is 241 Å². The van der Waals surface area contributed by atoms with Gasteiger partial charge >= 0.3 is 18.4 Å². The van der Waals surface area contributed by atoms with Crippen molar-refractivity contribution in [3.05, 3.63) is 42.0 Å². The van der Waals surface area contributed by atoms with Crippen molar-refractivity contribution in [3.63, 3.8) is 0 Å². The molecule has 4 N–H and O–H groups in total. The number of aromatic nitrogens is 2. The van der Waals surface area contributed by atoms with E-state index in [1.54, 1.807) is 0 Å². The Hall–Kier alpha value is -3.25. The van der Waals surface area contributed by atoms with Crippen molar-refractivity contribution in [3.8, 4) is 0 Å². The molecule has 1 aromatic carbocycles. The molecule has 18 heteroatoms. The second-order valence-corrected chi connectivity index (χ2v) is 12.5. The molecule has 2 aliphatic rings. The van der Waals surface area contributed by atoms with E-state index in [1.165, 1.54) is 19.3 Å². The van der Waals surface area contributed by atoms with Crippen molar-refractivity contribution in [2.45, 2.75) is 92.4 Å². The molecule has 0 unspecified atom stereocenters. The summed E-state index contributed by atoms with van der Waals surface area (Å²) in [6.45, 7) is 1.22. The van der Waals surface area contributed by atoms with Crippen LogP contribution < -0.4 is 15.4 Å². The second kappa shape index (κ2) is 12.0. The van der Waals surface area contributed by atoms with Gasteiger partial charge in [-0.25, -0.2) is 32.3 Å². The van der Waals surface area contributed by atoms with Crippen LogP contribution in [0.25, 0.3) is 0 Å². The van der Waals surface area contributed by atoms with Gasteiger partial charge in [-0.3, -0.25) is 0 Å². The average molecular weight is 644 g/mol. The summed E-state index contributed by atoms with van der Waals surface area (Å²) in [4.78, 5) is 19.6. The Kier molecular flexibility index (Phi) is 9.14. The number of carbonyl (C=O) groups is 1. The second-order valence-electron chi connectivity index (χ2n) is 10.8. The molecule has 2 fully saturated rings. The van der Waals surface area contributed by atoms with Crippen LogP contribution in [0, 0.1) is 5.82 Å². The van der Waals surface area contributed by atoms with Crippen molar-refractivity contribution in [1.82, 2.24) is 20.0 Å². The number of sulfonamides is 1. The van der Waals surface area contributed by atoms with Crippen molar-refractivity contribution in [2.24, 2.45) is 0 Å². The van der Waals surface area contributed by atoms with Gasteiger partial charge in [0.1, 0.15) is 11.9 Å². The largest absolute Gasteiger partial charge is 0.446 e. The Morgan fingerprint density at radius 1 is 1.14 bits per heavy atom. The number of aliphatic hydroxyl groups is 1. The monoisotopic (exact) mass is 643 g/mol. The summed E-state index contributed by atoms with van der Waals surface area (Å²) in [6, 6.07) is 0.488. The highest BCUT2D eigenvalue weighted by atomic mass is 32.2. The van der Waals surface area contributed by atoms with E-state index in [1.807, 2.05) is 4.72 Å². The quantitative estimate of drug-likeness (QED) is 0.286. The lowest BCUT2D eigenvalue weighted by molar-refractivity contribution is -0.290. The molecule has 1 heterocycles. The number of carbonyl (C=O) groups excluding carboxylic acids is 1. The molecule has 0 aliphatic heterocycles. The standard InChI is InChI=1S/C25H28F7N5O5S/c1-13(8-24(27,28)29)35-22(38)42-17-3-2-14(6-17)15-11-33-21(34-12-15)36-20-5-4-18(7-19(20)26)43(40,41)37-16-9-23(39,10-16)25(30,31)32/h4-5,7,11-14,16-17,37,39H,2-3,6,8-10H2,1H3,(H,35,38)(H,33,34,36)/t13-,14+,16?,17-,23?/m0/s1. The molecule has 2 aromatic rings. The first-order chi connectivity index (χ1) is 19.8. The summed E-state index contributed by atoms with van der Waals surface area (Å²) >= 11 is 0. The lowest BCUT2D eigenvalue weighted by Crippen LogP contribution is -2.62. The maximum absolute atomic E-state index is 14.7. The lowest BCUT2D eigenvalue weighted by Gasteiger charge is -2.44. The van der Waals surface area contributed by atoms with Crippen LogP contribution in [0.4, 0.5) is 47.2 Å². The number of halogens is 7. The number of alkyl halides is 6. The molecule has 3 atom stereocenters. The molecule has 0 bridgehead atoms. The Morgan fingerprint density at radius 2 is 1.79 bits per heavy atom. The first-order valence-electron chi connectivity index (χ1n) is 13.1. The number of hydrogen-bond donors (Lipinski definition) is 4. The average Bonchev–Trinajstić information content (AvgIpc) is 3.30. The fourth-order valence-corrected chi connectivity index (χ4v) is 6.24. The zero-order chi connectivity index (χ0) is 31.8. The van der Waals surface area contributed by atoms with Gasteiger partial charge in [0, 0.05) is 37.3 Å². The molecule has 10 nitrogen and oxygen atoms in total. The van der Waals surface area contributed by atoms with E-state index in [0.29, 0.717) is 30.9 Å². The molecule has 2 saturated carbocycles. The van der Waals surface area contributed by atoms with E-state index in [4.69, 9.17) is 4.74 Å². The molecule has 4 rings (SSSR count). The van der Waals surface area contributed by atoms with E-state index in [0.717, 1.165) is 12.1 Å². The lowest BCUT2D eigenvalue weighted by atomic mass is 9.76. The van der Waals surface area contributed by atoms with Gasteiger partial charge in [-0.1, -0.05) is 0 Å². The van der Waals surface area contributed by atoms with Crippen LogP contribution in [0.1, 0.15) is 56.9 Å². The number of benzene rings is 1. The molecule has 1 aromatic heterocycles. The third-order valence-corrected chi connectivity index (χ3v) is 8.74. The van der Waals surface area contributed by atoms with E-state index in [9.17, 15) is 49.1 Å². The van der Waals surface area contributed by atoms with Crippen LogP contribution in [0.5, 0.6) is 0 Å². The minimum Gasteiger partial charge on any atom is -0.446 e. The minimum absolute atomic E-state index is 0.0267. The molecule has 0 saturated heterocycles. The number of alkyl carbamates (subject to hydrolysis) is 1. The number of hydrogen-bond acceptors (Lipinski definition) is 8. The van der Waals surface area contributed by atoms with Crippen molar-refractivity contribution >= 4 is 27.8 Å². The third kappa shape index (κ3) is 8.23. The molecule has 2 aliphatic carbocycles. The SMILES string of the molecule is C[C@@H](CC(F)(F)F)NC(=O)O[C@H]1CC[C@@H](c2cnc(Nc3ccc(S(=O)(=O)NC4CC(O)(C(F)(F)F)C4)cc3F)nc2)C1. The van der Waals surface area contributed by atoms with E-state index < -0.39 is 82.2 Å². The summed E-state index contributed by atoms with van der Waals surface area (Å²) in [5.74, 6) is -1.13. The van der Waals surface area contributed by atoms with Crippen LogP contribution in [-0.4, -0.2) is 65.7 Å². The van der Waals surface area contributed by atoms with Gasteiger partial charge in [-0.15, -0.1) is 0 Å². The molecule has 43 heavy (non-hydrogen) atoms. The van der Waals surface area contributed by atoms with Gasteiger partial charge in [0.2, 0.25) is 16.0 Å². The van der Waals surface area contributed by atoms with Crippen LogP contribution in [0.2, 0.25) is 0 Å². The van der Waals surface area contributed by atoms with Crippen molar-refractivity contribution in [2.75, 3.05) is 5.32 Å². The third-order valence-electron chi connectivity index (χ3n) is 7.22. The van der Waals surface area contributed by atoms with Gasteiger partial charge in [0.15, 0.2) is 5.60 Å². The summed E-state index contributed by atoms with van der Waals surface area (Å²) in [6.07, 6.45) is -9.27. The van der Waals surface area contributed by atoms with Gasteiger partial charge < -0.3 is 20.5 Å². The zero-order valence-electron chi connectivity index (χ0n) is 22.5. The first kappa shape index (κ1) is 32.7. The van der Waals surface area contributed by atoms with Crippen molar-refractivity contribution in [1.29, 1.82) is 0 Å². The van der Waals surface area contributed by atoms with E-state index in [2.05, 4.69) is 20.6 Å². The Morgan fingerprint density at radius 3 is 2.37 bits per heavy atom. The predicted molar refractivity (Wildman–Crippen MR) is 136 cm³/mol. The smallest absolute Gasteiger partial charge is 0.417 e. The fraction of sp³-hybridized carbons (Fsp3) is 0.560. The van der Waals surface area contributed by atoms with E-state index >= 15 is 0 Å². The van der Waals surface area contributed by atoms with Gasteiger partial charge in [0.25, 0.3) is 0 Å². The highest BCUT2D eigenvalue weighted by Crippen LogP contribution is 2.45. The van der Waals surface area contributed by atoms with Crippen LogP contribution >= 0.6 is 0 Å². The number of ether oxygens (including phenoxy) is 1. The maximum Gasteiger partial charge on any atom is 0.417 e. The number of amides is 1. The molecule has 0 radical (unpaired) electrons. The summed E-state index contributed by atoms with van der Waals surface area (Å²) in [7, 11) is -4.38. The number of anilines is 2. The van der Waals surface area contributed by atoms with E-state index in [-0.39, 0.29) is 17.6 Å². The molecular formula is C25H28F7N5O5S. The topological polar surface area (TPSA) is 143 Å². The highest BCUT2D eigenvalue weighted by molar-refractivity contribution is 7.89. The molecule has 1 amide bonds. The van der Waals surface area contributed by atoms with Gasteiger partial charge in [-0.05, 0) is 55.9 Å². The normalized spacial score (nSPS) is 25.1. The molecule has 238 valence electrons. The van der Waals surface area contributed by atoms with Gasteiger partial charge in [-0.2, -0.15) is 26.3 Å². The number of nitrogens with one attached hydrogen (secondary N) is 3. The molecule has 0 spiro atoms. The van der Waals surface area contributed by atoms with Crippen molar-refractivity contribution < 1.29 is 53.8 Å². The summed E-state index contributed by atoms with van der Waals surface area (Å²) in [5.41, 5.74) is -2.47. The number of nitrogens with zero attached hydrogens (tertiary/aromatic N) is 2. The fourth-order valence-electron chi connectivity index (χ4n) is 4.99. The number of rotatable bonds is 9. The maximum atomic E-state index is 14.7. The van der Waals surface area contributed by atoms with Gasteiger partial charge in [0.05, 0.1) is 17.0 Å². The van der Waals surface area contributed by atoms with Crippen LogP contribution in [0.3, 0.4) is 0 Å². The highest BCUT2D eigenvalue weighted by Gasteiger charge is 2.61. The first-order valence-corrected chi connectivity index (χ1v) is 14.6. The summed E-state index contributed by atoms with van der Waals surface area (Å²) in [5, 5.41) is 14.3. The predicted octanol–water partition coefficient (Wildman–Crippen LogP) is 4.80. The van der Waals surface area contributed by atoms with Crippen LogP contribution in [-0.2, 0) is 14.8 Å². The minimum atomic E-state index is -4.90. The zero-order valence-corrected chi connectivity index (χ0v) is 23.3. The summed E-state index contributed by atoms with van der Waals surface area (Å²) < 4.78 is 123. The Bertz CT molecular complexity index is 1420.